The third-order valence-corrected chi connectivity index (χ3v) is 5.11. The van der Waals surface area contributed by atoms with E-state index >= 15 is 0 Å². The van der Waals surface area contributed by atoms with E-state index in [4.69, 9.17) is 0 Å². The Labute approximate surface area is 119 Å². The molecule has 1 heterocycles. The predicted octanol–water partition coefficient (Wildman–Crippen LogP) is 3.98. The van der Waals surface area contributed by atoms with Crippen molar-refractivity contribution in [2.75, 3.05) is 11.9 Å². The Kier molecular flexibility index (Phi) is 4.96. The van der Waals surface area contributed by atoms with Gasteiger partial charge in [-0.1, -0.05) is 32.1 Å². The van der Waals surface area contributed by atoms with E-state index in [2.05, 4.69) is 37.6 Å². The van der Waals surface area contributed by atoms with Gasteiger partial charge in [-0.2, -0.15) is 0 Å². The Morgan fingerprint density at radius 3 is 2.47 bits per heavy atom. The van der Waals surface area contributed by atoms with Gasteiger partial charge in [0.25, 0.3) is 0 Å². The first-order valence-corrected chi connectivity index (χ1v) is 7.54. The molecule has 19 heavy (non-hydrogen) atoms. The van der Waals surface area contributed by atoms with Crippen LogP contribution in [-0.2, 0) is 0 Å². The molecule has 0 aromatic carbocycles. The second kappa shape index (κ2) is 5.90. The number of aromatic carboxylic acids is 1. The first-order valence-electron chi connectivity index (χ1n) is 6.72. The van der Waals surface area contributed by atoms with Gasteiger partial charge >= 0.3 is 5.97 Å². The molecule has 0 radical (unpaired) electrons. The zero-order chi connectivity index (χ0) is 14.8. The number of carboxylic acid groups (broad SMARTS) is 1. The first kappa shape index (κ1) is 16.0. The summed E-state index contributed by atoms with van der Waals surface area (Å²) in [7, 11) is 1.98. The Morgan fingerprint density at radius 2 is 2.05 bits per heavy atom. The summed E-state index contributed by atoms with van der Waals surface area (Å²) in [5, 5.41) is 10.1. The number of nitrogens with zero attached hydrogens (tertiary/aromatic N) is 2. The fraction of sp³-hybridized carbons (Fsp3) is 0.714. The second-order valence-corrected chi connectivity index (χ2v) is 6.53. The number of aromatic nitrogens is 1. The summed E-state index contributed by atoms with van der Waals surface area (Å²) in [5.74, 6) is -0.698. The summed E-state index contributed by atoms with van der Waals surface area (Å²) in [6, 6.07) is 0. The Bertz CT molecular complexity index is 454. The molecule has 0 spiro atoms. The van der Waals surface area contributed by atoms with E-state index in [1.165, 1.54) is 11.3 Å². The average molecular weight is 284 g/mol. The van der Waals surface area contributed by atoms with E-state index in [9.17, 15) is 9.90 Å². The van der Waals surface area contributed by atoms with Crippen molar-refractivity contribution in [3.63, 3.8) is 0 Å². The summed E-state index contributed by atoms with van der Waals surface area (Å²) in [6.07, 6.45) is 1.87. The smallest absolute Gasteiger partial charge is 0.347 e. The van der Waals surface area contributed by atoms with Gasteiger partial charge in [0.15, 0.2) is 5.13 Å². The third kappa shape index (κ3) is 3.26. The van der Waals surface area contributed by atoms with Gasteiger partial charge in [0.1, 0.15) is 4.88 Å². The van der Waals surface area contributed by atoms with Crippen LogP contribution in [0.3, 0.4) is 0 Å². The highest BCUT2D eigenvalue weighted by molar-refractivity contribution is 7.17. The maximum absolute atomic E-state index is 11.3. The summed E-state index contributed by atoms with van der Waals surface area (Å²) in [5.41, 5.74) is 0.689. The standard InChI is InChI=1S/C14H24N2O2S/c1-7-9(3)10-11(12(17)18)19-13(15-10)16(6)14(4,5)8-2/h9H,7-8H2,1-6H3,(H,17,18). The summed E-state index contributed by atoms with van der Waals surface area (Å²) in [4.78, 5) is 18.4. The number of hydrogen-bond donors (Lipinski definition) is 1. The highest BCUT2D eigenvalue weighted by Crippen LogP contribution is 2.34. The summed E-state index contributed by atoms with van der Waals surface area (Å²) in [6.45, 7) is 10.5. The van der Waals surface area contributed by atoms with Crippen molar-refractivity contribution in [1.29, 1.82) is 0 Å². The molecule has 0 bridgehead atoms. The molecule has 0 saturated carbocycles. The van der Waals surface area contributed by atoms with Crippen molar-refractivity contribution < 1.29 is 9.90 Å². The van der Waals surface area contributed by atoms with E-state index in [0.29, 0.717) is 10.6 Å². The van der Waals surface area contributed by atoms with Gasteiger partial charge in [-0.15, -0.1) is 0 Å². The Balaban J connectivity index is 3.22. The van der Waals surface area contributed by atoms with Crippen LogP contribution < -0.4 is 4.90 Å². The molecule has 0 aliphatic heterocycles. The number of carbonyl (C=O) groups is 1. The lowest BCUT2D eigenvalue weighted by atomic mass is 10.0. The van der Waals surface area contributed by atoms with Crippen LogP contribution in [0.5, 0.6) is 0 Å². The minimum atomic E-state index is -0.873. The van der Waals surface area contributed by atoms with Gasteiger partial charge in [-0.25, -0.2) is 9.78 Å². The highest BCUT2D eigenvalue weighted by atomic mass is 32.1. The molecule has 0 saturated heterocycles. The van der Waals surface area contributed by atoms with Crippen LogP contribution in [0.1, 0.15) is 68.7 Å². The highest BCUT2D eigenvalue weighted by Gasteiger charge is 2.28. The SMILES string of the molecule is CCC(C)c1nc(N(C)C(C)(C)CC)sc1C(=O)O. The maximum Gasteiger partial charge on any atom is 0.347 e. The Hall–Kier alpha value is -1.10. The first-order chi connectivity index (χ1) is 8.74. The summed E-state index contributed by atoms with van der Waals surface area (Å²) < 4.78 is 0. The molecule has 1 N–H and O–H groups in total. The van der Waals surface area contributed by atoms with Crippen LogP contribution >= 0.6 is 11.3 Å². The van der Waals surface area contributed by atoms with Crippen molar-refractivity contribution in [2.24, 2.45) is 0 Å². The predicted molar refractivity (Wildman–Crippen MR) is 80.6 cm³/mol. The zero-order valence-electron chi connectivity index (χ0n) is 12.6. The molecule has 1 atom stereocenters. The molecule has 1 aromatic rings. The molecule has 1 aromatic heterocycles. The molecular formula is C14H24N2O2S. The fourth-order valence-electron chi connectivity index (χ4n) is 1.64. The molecule has 4 nitrogen and oxygen atoms in total. The maximum atomic E-state index is 11.3. The molecule has 1 unspecified atom stereocenters. The van der Waals surface area contributed by atoms with Crippen molar-refractivity contribution in [2.45, 2.75) is 58.9 Å². The number of carboxylic acids is 1. The fourth-order valence-corrected chi connectivity index (χ4v) is 2.79. The zero-order valence-corrected chi connectivity index (χ0v) is 13.5. The van der Waals surface area contributed by atoms with E-state index in [1.54, 1.807) is 0 Å². The molecule has 0 fully saturated rings. The molecule has 0 amide bonds. The lowest BCUT2D eigenvalue weighted by molar-refractivity contribution is 0.0700. The van der Waals surface area contributed by atoms with Gasteiger partial charge in [0.05, 0.1) is 5.69 Å². The van der Waals surface area contributed by atoms with Crippen molar-refractivity contribution in [1.82, 2.24) is 4.98 Å². The van der Waals surface area contributed by atoms with Crippen molar-refractivity contribution in [3.05, 3.63) is 10.6 Å². The van der Waals surface area contributed by atoms with Crippen LogP contribution in [0.25, 0.3) is 0 Å². The topological polar surface area (TPSA) is 53.4 Å². The van der Waals surface area contributed by atoms with Crippen LogP contribution in [-0.4, -0.2) is 28.6 Å². The molecular weight excluding hydrogens is 260 g/mol. The van der Waals surface area contributed by atoms with Crippen molar-refractivity contribution in [3.8, 4) is 0 Å². The molecule has 108 valence electrons. The number of thiazole rings is 1. The largest absolute Gasteiger partial charge is 0.477 e. The van der Waals surface area contributed by atoms with E-state index in [0.717, 1.165) is 18.0 Å². The second-order valence-electron chi connectivity index (χ2n) is 5.55. The average Bonchev–Trinajstić information content (AvgIpc) is 2.81. The monoisotopic (exact) mass is 284 g/mol. The van der Waals surface area contributed by atoms with Gasteiger partial charge in [-0.3, -0.25) is 0 Å². The van der Waals surface area contributed by atoms with Gasteiger partial charge in [0, 0.05) is 12.6 Å². The quantitative estimate of drug-likeness (QED) is 0.858. The van der Waals surface area contributed by atoms with E-state index < -0.39 is 5.97 Å². The normalized spacial score (nSPS) is 13.4. The van der Waals surface area contributed by atoms with Gasteiger partial charge in [0.2, 0.25) is 0 Å². The summed E-state index contributed by atoms with van der Waals surface area (Å²) >= 11 is 1.28. The van der Waals surface area contributed by atoms with E-state index in [-0.39, 0.29) is 11.5 Å². The van der Waals surface area contributed by atoms with Gasteiger partial charge in [-0.05, 0) is 32.6 Å². The van der Waals surface area contributed by atoms with Gasteiger partial charge < -0.3 is 10.0 Å². The molecule has 1 rings (SSSR count). The lowest BCUT2D eigenvalue weighted by Gasteiger charge is -2.34. The minimum absolute atomic E-state index is 0.0274. The lowest BCUT2D eigenvalue weighted by Crippen LogP contribution is -2.40. The van der Waals surface area contributed by atoms with Crippen LogP contribution in [0, 0.1) is 0 Å². The molecule has 0 aliphatic rings. The van der Waals surface area contributed by atoms with Crippen molar-refractivity contribution >= 4 is 22.4 Å². The van der Waals surface area contributed by atoms with Crippen LogP contribution in [0.15, 0.2) is 0 Å². The molecule has 0 aliphatic carbocycles. The van der Waals surface area contributed by atoms with Crippen LogP contribution in [0.2, 0.25) is 0 Å². The number of rotatable bonds is 6. The minimum Gasteiger partial charge on any atom is -0.477 e. The van der Waals surface area contributed by atoms with E-state index in [1.807, 2.05) is 14.0 Å². The number of hydrogen-bond acceptors (Lipinski definition) is 4. The Morgan fingerprint density at radius 1 is 1.47 bits per heavy atom. The van der Waals surface area contributed by atoms with Crippen LogP contribution in [0.4, 0.5) is 5.13 Å². The number of anilines is 1. The third-order valence-electron chi connectivity index (χ3n) is 3.98. The molecule has 5 heteroatoms.